The molecule has 76 valence electrons. The number of thiazole rings is 1. The highest BCUT2D eigenvalue weighted by atomic mass is 32.1. The van der Waals surface area contributed by atoms with Crippen LogP contribution in [0.2, 0.25) is 0 Å². The van der Waals surface area contributed by atoms with Gasteiger partial charge in [0.1, 0.15) is 5.69 Å². The van der Waals surface area contributed by atoms with Gasteiger partial charge >= 0.3 is 5.97 Å². The van der Waals surface area contributed by atoms with Crippen molar-refractivity contribution in [3.8, 4) is 0 Å². The fourth-order valence-electron chi connectivity index (χ4n) is 0.806. The molecule has 4 N–H and O–H groups in total. The smallest absolute Gasteiger partial charge is 0.306 e. The van der Waals surface area contributed by atoms with Crippen LogP contribution in [0.5, 0.6) is 0 Å². The summed E-state index contributed by atoms with van der Waals surface area (Å²) >= 11 is 1.28. The third kappa shape index (κ3) is 3.11. The van der Waals surface area contributed by atoms with Crippen molar-refractivity contribution in [1.82, 2.24) is 10.3 Å². The molecule has 14 heavy (non-hydrogen) atoms. The maximum Gasteiger partial charge on any atom is 0.306 e. The molecule has 1 atom stereocenters. The summed E-state index contributed by atoms with van der Waals surface area (Å²) in [5.74, 6) is -1.52. The average Bonchev–Trinajstić information content (AvgIpc) is 2.53. The number of carboxylic acid groups (broad SMARTS) is 1. The fraction of sp³-hybridized carbons (Fsp3) is 0.286. The number of carbonyl (C=O) groups is 2. The largest absolute Gasteiger partial charge is 0.481 e. The lowest BCUT2D eigenvalue weighted by Gasteiger charge is -2.09. The Bertz CT molecular complexity index is 325. The zero-order valence-corrected chi connectivity index (χ0v) is 7.95. The van der Waals surface area contributed by atoms with Gasteiger partial charge in [-0.3, -0.25) is 9.59 Å². The molecule has 7 heteroatoms. The van der Waals surface area contributed by atoms with E-state index in [1.165, 1.54) is 16.8 Å². The number of aliphatic carboxylic acids is 1. The van der Waals surface area contributed by atoms with Gasteiger partial charge in [0.25, 0.3) is 5.91 Å². The summed E-state index contributed by atoms with van der Waals surface area (Å²) in [7, 11) is 0. The highest BCUT2D eigenvalue weighted by Gasteiger charge is 2.13. The number of nitrogens with one attached hydrogen (secondary N) is 1. The second kappa shape index (κ2) is 4.68. The number of rotatable bonds is 4. The van der Waals surface area contributed by atoms with E-state index in [9.17, 15) is 9.59 Å². The first-order valence-corrected chi connectivity index (χ1v) is 4.70. The minimum Gasteiger partial charge on any atom is -0.481 e. The lowest BCUT2D eigenvalue weighted by molar-refractivity contribution is -0.137. The number of carboxylic acids is 1. The van der Waals surface area contributed by atoms with Crippen molar-refractivity contribution in [2.24, 2.45) is 5.73 Å². The highest BCUT2D eigenvalue weighted by molar-refractivity contribution is 7.07. The van der Waals surface area contributed by atoms with Gasteiger partial charge < -0.3 is 16.2 Å². The predicted molar refractivity (Wildman–Crippen MR) is 49.8 cm³/mol. The molecule has 0 fully saturated rings. The monoisotopic (exact) mass is 215 g/mol. The molecule has 0 radical (unpaired) electrons. The van der Waals surface area contributed by atoms with Crippen molar-refractivity contribution in [3.63, 3.8) is 0 Å². The van der Waals surface area contributed by atoms with Crippen LogP contribution in [0.1, 0.15) is 16.9 Å². The Morgan fingerprint density at radius 1 is 1.71 bits per heavy atom. The molecule has 0 spiro atoms. The summed E-state index contributed by atoms with van der Waals surface area (Å²) in [4.78, 5) is 25.2. The number of hydrogen-bond donors (Lipinski definition) is 3. The molecule has 0 saturated heterocycles. The van der Waals surface area contributed by atoms with Crippen LogP contribution in [0, 0.1) is 0 Å². The van der Waals surface area contributed by atoms with Crippen molar-refractivity contribution < 1.29 is 14.7 Å². The van der Waals surface area contributed by atoms with Crippen LogP contribution in [0.25, 0.3) is 0 Å². The maximum atomic E-state index is 11.3. The molecule has 6 nitrogen and oxygen atoms in total. The Morgan fingerprint density at radius 2 is 2.43 bits per heavy atom. The normalized spacial score (nSPS) is 12.1. The minimum atomic E-state index is -1.06. The zero-order chi connectivity index (χ0) is 10.6. The van der Waals surface area contributed by atoms with Gasteiger partial charge in [0.05, 0.1) is 18.1 Å². The average molecular weight is 215 g/mol. The summed E-state index contributed by atoms with van der Waals surface area (Å²) in [5.41, 5.74) is 7.10. The second-order valence-corrected chi connectivity index (χ2v) is 3.27. The summed E-state index contributed by atoms with van der Waals surface area (Å²) in [6, 6.07) is 0. The van der Waals surface area contributed by atoms with Crippen LogP contribution < -0.4 is 11.1 Å². The predicted octanol–water partition coefficient (Wildman–Crippen LogP) is -0.368. The van der Waals surface area contributed by atoms with Crippen LogP contribution in [0.4, 0.5) is 0 Å². The van der Waals surface area contributed by atoms with E-state index in [2.05, 4.69) is 10.3 Å². The summed E-state index contributed by atoms with van der Waals surface area (Å²) in [5, 5.41) is 12.3. The Morgan fingerprint density at radius 3 is 2.93 bits per heavy atom. The molecule has 0 aromatic carbocycles. The molecule has 0 aliphatic carbocycles. The molecule has 0 aliphatic rings. The Balaban J connectivity index is 2.45. The number of nitrogens with zero attached hydrogens (tertiary/aromatic N) is 1. The van der Waals surface area contributed by atoms with E-state index >= 15 is 0 Å². The lowest BCUT2D eigenvalue weighted by Crippen LogP contribution is -2.43. The second-order valence-electron chi connectivity index (χ2n) is 2.55. The van der Waals surface area contributed by atoms with Gasteiger partial charge in [0.2, 0.25) is 0 Å². The van der Waals surface area contributed by atoms with E-state index in [1.807, 2.05) is 0 Å². The number of aromatic nitrogens is 1. The highest BCUT2D eigenvalue weighted by Crippen LogP contribution is 2.00. The quantitative estimate of drug-likeness (QED) is 0.594. The number of hydrogen-bond acceptors (Lipinski definition) is 5. The lowest BCUT2D eigenvalue weighted by atomic mass is 10.3. The van der Waals surface area contributed by atoms with Crippen LogP contribution in [-0.4, -0.2) is 28.1 Å². The molecule has 1 aromatic rings. The van der Waals surface area contributed by atoms with Crippen molar-refractivity contribution in [1.29, 1.82) is 0 Å². The zero-order valence-electron chi connectivity index (χ0n) is 7.14. The molecule has 1 rings (SSSR count). The molecule has 0 bridgehead atoms. The van der Waals surface area contributed by atoms with Gasteiger partial charge in [-0.25, -0.2) is 4.98 Å². The first kappa shape index (κ1) is 10.6. The molecule has 0 saturated carbocycles. The molecule has 1 amide bonds. The third-order valence-corrected chi connectivity index (χ3v) is 1.96. The Hall–Kier alpha value is -1.47. The standard InChI is InChI=1S/C7H9N3O3S/c8-5(1-6(11)12)10-7(13)4-2-14-3-9-4/h2-3,5H,1,8H2,(H,10,13)(H,11,12). The number of nitrogens with two attached hydrogens (primary N) is 1. The van der Waals surface area contributed by atoms with E-state index < -0.39 is 18.0 Å². The molecule has 1 heterocycles. The van der Waals surface area contributed by atoms with Crippen LogP contribution in [0.3, 0.4) is 0 Å². The minimum absolute atomic E-state index is 0.246. The molecule has 0 aliphatic heterocycles. The Labute approximate surface area is 83.8 Å². The van der Waals surface area contributed by atoms with Crippen molar-refractivity contribution >= 4 is 23.2 Å². The van der Waals surface area contributed by atoms with Crippen molar-refractivity contribution in [3.05, 3.63) is 16.6 Å². The first-order chi connectivity index (χ1) is 6.59. The van der Waals surface area contributed by atoms with Gasteiger partial charge in [-0.2, -0.15) is 0 Å². The number of amides is 1. The van der Waals surface area contributed by atoms with Gasteiger partial charge in [0.15, 0.2) is 0 Å². The fourth-order valence-corrected chi connectivity index (χ4v) is 1.34. The van der Waals surface area contributed by atoms with Crippen molar-refractivity contribution in [2.75, 3.05) is 0 Å². The van der Waals surface area contributed by atoms with E-state index in [-0.39, 0.29) is 12.1 Å². The van der Waals surface area contributed by atoms with E-state index in [0.717, 1.165) is 0 Å². The SMILES string of the molecule is NC(CC(=O)O)NC(=O)c1cscn1. The van der Waals surface area contributed by atoms with Gasteiger partial charge in [-0.15, -0.1) is 11.3 Å². The van der Waals surface area contributed by atoms with E-state index in [0.29, 0.717) is 0 Å². The van der Waals surface area contributed by atoms with Gasteiger partial charge in [0, 0.05) is 5.38 Å². The van der Waals surface area contributed by atoms with Crippen molar-refractivity contribution in [2.45, 2.75) is 12.6 Å². The molecular weight excluding hydrogens is 206 g/mol. The molecule has 1 aromatic heterocycles. The molecular formula is C7H9N3O3S. The summed E-state index contributed by atoms with van der Waals surface area (Å²) < 4.78 is 0. The van der Waals surface area contributed by atoms with Gasteiger partial charge in [-0.05, 0) is 0 Å². The van der Waals surface area contributed by atoms with Crippen LogP contribution in [0.15, 0.2) is 10.9 Å². The first-order valence-electron chi connectivity index (χ1n) is 3.76. The Kier molecular flexibility index (Phi) is 3.55. The topological polar surface area (TPSA) is 105 Å². The maximum absolute atomic E-state index is 11.3. The summed E-state index contributed by atoms with van der Waals surface area (Å²) in [6.07, 6.45) is -1.20. The third-order valence-electron chi connectivity index (χ3n) is 1.38. The van der Waals surface area contributed by atoms with Crippen LogP contribution >= 0.6 is 11.3 Å². The number of carbonyl (C=O) groups excluding carboxylic acids is 1. The van der Waals surface area contributed by atoms with E-state index in [1.54, 1.807) is 5.38 Å². The summed E-state index contributed by atoms with van der Waals surface area (Å²) in [6.45, 7) is 0. The van der Waals surface area contributed by atoms with Gasteiger partial charge in [-0.1, -0.05) is 0 Å². The van der Waals surface area contributed by atoms with Crippen LogP contribution in [-0.2, 0) is 4.79 Å². The molecule has 1 unspecified atom stereocenters. The van der Waals surface area contributed by atoms with E-state index in [4.69, 9.17) is 10.8 Å².